The molecule has 27 heavy (non-hydrogen) atoms. The van der Waals surface area contributed by atoms with Gasteiger partial charge in [0, 0.05) is 4.47 Å². The Balaban J connectivity index is 1.71. The Morgan fingerprint density at radius 3 is 2.56 bits per heavy atom. The van der Waals surface area contributed by atoms with Gasteiger partial charge in [0.25, 0.3) is 11.8 Å². The van der Waals surface area contributed by atoms with Crippen molar-refractivity contribution in [2.75, 3.05) is 5.32 Å². The molecule has 0 radical (unpaired) electrons. The molecule has 7 heteroatoms. The lowest BCUT2D eigenvalue weighted by atomic mass is 10.0. The summed E-state index contributed by atoms with van der Waals surface area (Å²) in [6.07, 6.45) is 2.22. The van der Waals surface area contributed by atoms with Gasteiger partial charge in [0.05, 0.1) is 22.2 Å². The number of anilines is 1. The maximum Gasteiger partial charge on any atom is 0.291 e. The van der Waals surface area contributed by atoms with Crippen LogP contribution in [-0.4, -0.2) is 11.8 Å². The van der Waals surface area contributed by atoms with E-state index in [4.69, 9.17) is 4.42 Å². The van der Waals surface area contributed by atoms with E-state index in [1.807, 2.05) is 38.1 Å². The zero-order chi connectivity index (χ0) is 19.4. The van der Waals surface area contributed by atoms with Crippen LogP contribution in [0.25, 0.3) is 0 Å². The lowest BCUT2D eigenvalue weighted by Crippen LogP contribution is -2.27. The molecule has 1 aromatic carbocycles. The highest BCUT2D eigenvalue weighted by Gasteiger charge is 2.19. The van der Waals surface area contributed by atoms with E-state index >= 15 is 0 Å². The Morgan fingerprint density at radius 2 is 1.93 bits per heavy atom. The second-order valence-electron chi connectivity index (χ2n) is 6.04. The first kappa shape index (κ1) is 19.4. The van der Waals surface area contributed by atoms with Gasteiger partial charge in [-0.05, 0) is 54.8 Å². The van der Waals surface area contributed by atoms with Crippen LogP contribution in [0.2, 0.25) is 0 Å². The second-order valence-corrected chi connectivity index (χ2v) is 8.01. The number of thiophene rings is 1. The summed E-state index contributed by atoms with van der Waals surface area (Å²) in [5.74, 6) is -0.256. The van der Waals surface area contributed by atoms with Gasteiger partial charge in [0.1, 0.15) is 0 Å². The molecule has 3 aromatic rings. The fourth-order valence-corrected chi connectivity index (χ4v) is 3.93. The first-order chi connectivity index (χ1) is 13.0. The Morgan fingerprint density at radius 1 is 1.19 bits per heavy atom. The van der Waals surface area contributed by atoms with Gasteiger partial charge in [-0.25, -0.2) is 0 Å². The first-order valence-corrected chi connectivity index (χ1v) is 10.1. The number of aryl methyl sites for hydroxylation is 1. The molecular weight excluding hydrogens is 428 g/mol. The molecular formula is C20H19BrN2O3S. The van der Waals surface area contributed by atoms with E-state index < -0.39 is 0 Å². The van der Waals surface area contributed by atoms with Gasteiger partial charge in [-0.1, -0.05) is 35.0 Å². The van der Waals surface area contributed by atoms with Crippen LogP contribution in [0.15, 0.2) is 57.6 Å². The molecule has 0 spiro atoms. The third-order valence-corrected chi connectivity index (χ3v) is 5.77. The predicted molar refractivity (Wildman–Crippen MR) is 110 cm³/mol. The van der Waals surface area contributed by atoms with Crippen molar-refractivity contribution >= 4 is 44.1 Å². The molecule has 0 aliphatic rings. The molecule has 0 aliphatic carbocycles. The summed E-state index contributed by atoms with van der Waals surface area (Å²) >= 11 is 4.67. The van der Waals surface area contributed by atoms with Gasteiger partial charge in [-0.2, -0.15) is 0 Å². The topological polar surface area (TPSA) is 71.3 Å². The van der Waals surface area contributed by atoms with Gasteiger partial charge in [-0.15, -0.1) is 11.3 Å². The van der Waals surface area contributed by atoms with Crippen molar-refractivity contribution in [1.82, 2.24) is 5.32 Å². The molecule has 5 nitrogen and oxygen atoms in total. The fraction of sp³-hybridized carbons (Fsp3) is 0.200. The number of hydrogen-bond acceptors (Lipinski definition) is 4. The van der Waals surface area contributed by atoms with Gasteiger partial charge in [-0.3, -0.25) is 9.59 Å². The minimum absolute atomic E-state index is 0.0757. The standard InChI is InChI=1S/C20H19BrN2O3S/c1-3-15(13-6-8-14(21)9-7-13)22-20(25)18-12(2)11-17(27-18)23-19(24)16-5-4-10-26-16/h4-11,15H,3H2,1-2H3,(H,22,25)(H,23,24)/t15-/m1/s1. The molecule has 2 heterocycles. The fourth-order valence-electron chi connectivity index (χ4n) is 2.69. The zero-order valence-electron chi connectivity index (χ0n) is 14.9. The quantitative estimate of drug-likeness (QED) is 0.521. The number of nitrogens with one attached hydrogen (secondary N) is 2. The molecule has 0 aliphatic heterocycles. The van der Waals surface area contributed by atoms with Gasteiger partial charge < -0.3 is 15.1 Å². The lowest BCUT2D eigenvalue weighted by Gasteiger charge is -2.17. The van der Waals surface area contributed by atoms with Crippen molar-refractivity contribution in [2.45, 2.75) is 26.3 Å². The van der Waals surface area contributed by atoms with Crippen molar-refractivity contribution in [3.63, 3.8) is 0 Å². The minimum atomic E-state index is -0.338. The summed E-state index contributed by atoms with van der Waals surface area (Å²) in [5, 5.41) is 6.45. The Kier molecular flexibility index (Phi) is 6.13. The molecule has 2 amide bonds. The molecule has 2 N–H and O–H groups in total. The Labute approximate surface area is 169 Å². The van der Waals surface area contributed by atoms with Crippen LogP contribution >= 0.6 is 27.3 Å². The van der Waals surface area contributed by atoms with Crippen molar-refractivity contribution in [1.29, 1.82) is 0 Å². The molecule has 0 bridgehead atoms. The van der Waals surface area contributed by atoms with E-state index in [1.165, 1.54) is 17.6 Å². The summed E-state index contributed by atoms with van der Waals surface area (Å²) in [7, 11) is 0. The second kappa shape index (κ2) is 8.54. The number of halogens is 1. The summed E-state index contributed by atoms with van der Waals surface area (Å²) < 4.78 is 6.09. The van der Waals surface area contributed by atoms with Crippen LogP contribution in [-0.2, 0) is 0 Å². The first-order valence-electron chi connectivity index (χ1n) is 8.49. The van der Waals surface area contributed by atoms with Crippen LogP contribution in [0.3, 0.4) is 0 Å². The molecule has 0 saturated heterocycles. The molecule has 1 atom stereocenters. The minimum Gasteiger partial charge on any atom is -0.459 e. The average molecular weight is 447 g/mol. The highest BCUT2D eigenvalue weighted by molar-refractivity contribution is 9.10. The van der Waals surface area contributed by atoms with E-state index in [1.54, 1.807) is 18.2 Å². The summed E-state index contributed by atoms with van der Waals surface area (Å²) in [5.41, 5.74) is 1.87. The largest absolute Gasteiger partial charge is 0.459 e. The molecule has 3 rings (SSSR count). The lowest BCUT2D eigenvalue weighted by molar-refractivity contribution is 0.0938. The van der Waals surface area contributed by atoms with E-state index in [9.17, 15) is 9.59 Å². The van der Waals surface area contributed by atoms with E-state index in [-0.39, 0.29) is 23.6 Å². The molecule has 0 saturated carbocycles. The predicted octanol–water partition coefficient (Wildman–Crippen LogP) is 5.55. The van der Waals surface area contributed by atoms with Crippen LogP contribution < -0.4 is 10.6 Å². The van der Waals surface area contributed by atoms with Crippen LogP contribution in [0.5, 0.6) is 0 Å². The van der Waals surface area contributed by atoms with Crippen molar-refractivity contribution in [3.05, 3.63) is 75.0 Å². The molecule has 140 valence electrons. The smallest absolute Gasteiger partial charge is 0.291 e. The molecule has 2 aromatic heterocycles. The average Bonchev–Trinajstić information content (AvgIpc) is 3.30. The number of carbonyl (C=O) groups is 2. The Bertz CT molecular complexity index is 933. The van der Waals surface area contributed by atoms with E-state index in [2.05, 4.69) is 26.6 Å². The number of rotatable bonds is 6. The highest BCUT2D eigenvalue weighted by Crippen LogP contribution is 2.28. The Hall–Kier alpha value is -2.38. The number of carbonyl (C=O) groups excluding carboxylic acids is 2. The number of hydrogen-bond donors (Lipinski definition) is 2. The third kappa shape index (κ3) is 4.67. The number of furan rings is 1. The summed E-state index contributed by atoms with van der Waals surface area (Å²) in [6.45, 7) is 3.89. The number of amides is 2. The van der Waals surface area contributed by atoms with E-state index in [0.717, 1.165) is 22.0 Å². The zero-order valence-corrected chi connectivity index (χ0v) is 17.3. The highest BCUT2D eigenvalue weighted by atomic mass is 79.9. The van der Waals surface area contributed by atoms with Crippen molar-refractivity contribution in [2.24, 2.45) is 0 Å². The molecule has 0 unspecified atom stereocenters. The van der Waals surface area contributed by atoms with Crippen molar-refractivity contribution < 1.29 is 14.0 Å². The maximum absolute atomic E-state index is 12.8. The van der Waals surface area contributed by atoms with Crippen LogP contribution in [0.1, 0.15) is 50.7 Å². The van der Waals surface area contributed by atoms with Gasteiger partial charge in [0.2, 0.25) is 0 Å². The normalized spacial score (nSPS) is 11.8. The summed E-state index contributed by atoms with van der Waals surface area (Å²) in [4.78, 5) is 25.4. The summed E-state index contributed by atoms with van der Waals surface area (Å²) in [6, 6.07) is 12.9. The van der Waals surface area contributed by atoms with Crippen molar-refractivity contribution in [3.8, 4) is 0 Å². The molecule has 0 fully saturated rings. The third-order valence-electron chi connectivity index (χ3n) is 4.09. The van der Waals surface area contributed by atoms with Crippen LogP contribution in [0, 0.1) is 6.92 Å². The SMILES string of the molecule is CC[C@@H](NC(=O)c1sc(NC(=O)c2ccco2)cc1C)c1ccc(Br)cc1. The number of benzene rings is 1. The van der Waals surface area contributed by atoms with Gasteiger partial charge in [0.15, 0.2) is 5.76 Å². The maximum atomic E-state index is 12.8. The van der Waals surface area contributed by atoms with E-state index in [0.29, 0.717) is 9.88 Å². The van der Waals surface area contributed by atoms with Gasteiger partial charge >= 0.3 is 0 Å². The monoisotopic (exact) mass is 446 g/mol. The van der Waals surface area contributed by atoms with Crippen LogP contribution in [0.4, 0.5) is 5.00 Å².